The number of rotatable bonds is 2. The molecule has 2 aromatic rings. The van der Waals surface area contributed by atoms with Crippen molar-refractivity contribution in [3.8, 4) is 11.5 Å². The molecule has 0 atom stereocenters. The van der Waals surface area contributed by atoms with Crippen molar-refractivity contribution < 1.29 is 9.34 Å². The molecule has 0 saturated carbocycles. The molecule has 2 aromatic heterocycles. The van der Waals surface area contributed by atoms with E-state index >= 15 is 0 Å². The average Bonchev–Trinajstić information content (AvgIpc) is 2.64. The maximum Gasteiger partial charge on any atom is 0.433 e. The number of nitrogens with zero attached hydrogens (tertiary/aromatic N) is 3. The lowest BCUT2D eigenvalue weighted by Crippen LogP contribution is -1.97. The van der Waals surface area contributed by atoms with Crippen LogP contribution >= 0.6 is 0 Å². The first-order chi connectivity index (χ1) is 7.56. The van der Waals surface area contributed by atoms with Gasteiger partial charge in [0.1, 0.15) is 10.6 Å². The Balaban J connectivity index is 2.46. The summed E-state index contributed by atoms with van der Waals surface area (Å²) < 4.78 is 5.00. The van der Waals surface area contributed by atoms with E-state index < -0.39 is 4.92 Å². The highest BCUT2D eigenvalue weighted by molar-refractivity contribution is 5.55. The zero-order valence-corrected chi connectivity index (χ0v) is 8.38. The standard InChI is InChI=1S/C9H8N4O3/c1-5-4-6(12-9(10)11-5)7-2-3-8(16-7)13(14)15/h2-4H,1H3,(H2,10,11,12). The molecule has 2 heterocycles. The molecule has 7 heteroatoms. The SMILES string of the molecule is Cc1cc(-c2ccc([N+](=O)[O-])o2)nc(N)n1. The lowest BCUT2D eigenvalue weighted by atomic mass is 10.3. The minimum absolute atomic E-state index is 0.106. The molecule has 82 valence electrons. The van der Waals surface area contributed by atoms with E-state index in [1.54, 1.807) is 13.0 Å². The molecule has 0 saturated heterocycles. The van der Waals surface area contributed by atoms with Crippen LogP contribution in [0.15, 0.2) is 22.6 Å². The molecular formula is C9H8N4O3. The predicted molar refractivity (Wildman–Crippen MR) is 55.5 cm³/mol. The van der Waals surface area contributed by atoms with E-state index in [9.17, 15) is 10.1 Å². The van der Waals surface area contributed by atoms with Crippen LogP contribution in [0.1, 0.15) is 5.69 Å². The van der Waals surface area contributed by atoms with Crippen LogP contribution in [0, 0.1) is 17.0 Å². The van der Waals surface area contributed by atoms with Gasteiger partial charge in [0.15, 0.2) is 5.76 Å². The Kier molecular flexibility index (Phi) is 2.28. The number of aryl methyl sites for hydroxylation is 1. The number of nitrogen functional groups attached to an aromatic ring is 1. The van der Waals surface area contributed by atoms with Gasteiger partial charge < -0.3 is 10.2 Å². The molecule has 0 bridgehead atoms. The summed E-state index contributed by atoms with van der Waals surface area (Å²) in [7, 11) is 0. The van der Waals surface area contributed by atoms with Crippen molar-refractivity contribution in [2.24, 2.45) is 0 Å². The third-order valence-electron chi connectivity index (χ3n) is 1.90. The van der Waals surface area contributed by atoms with E-state index in [0.29, 0.717) is 17.1 Å². The van der Waals surface area contributed by atoms with Crippen LogP contribution < -0.4 is 5.73 Å². The highest BCUT2D eigenvalue weighted by Crippen LogP contribution is 2.25. The summed E-state index contributed by atoms with van der Waals surface area (Å²) in [6.07, 6.45) is 0. The fourth-order valence-corrected chi connectivity index (χ4v) is 1.28. The van der Waals surface area contributed by atoms with Gasteiger partial charge in [0.25, 0.3) is 0 Å². The Morgan fingerprint density at radius 3 is 2.75 bits per heavy atom. The van der Waals surface area contributed by atoms with E-state index in [1.165, 1.54) is 12.1 Å². The zero-order chi connectivity index (χ0) is 11.7. The molecule has 0 aliphatic rings. The minimum Gasteiger partial charge on any atom is -0.399 e. The summed E-state index contributed by atoms with van der Waals surface area (Å²) in [5.74, 6) is 0.0720. The van der Waals surface area contributed by atoms with Crippen LogP contribution in [0.5, 0.6) is 0 Å². The number of nitrogens with two attached hydrogens (primary N) is 1. The van der Waals surface area contributed by atoms with Crippen molar-refractivity contribution in [3.05, 3.63) is 34.0 Å². The van der Waals surface area contributed by atoms with Crippen molar-refractivity contribution in [1.82, 2.24) is 9.97 Å². The van der Waals surface area contributed by atoms with Crippen LogP contribution in [0.2, 0.25) is 0 Å². The van der Waals surface area contributed by atoms with Gasteiger partial charge in [-0.3, -0.25) is 10.1 Å². The summed E-state index contributed by atoms with van der Waals surface area (Å²) >= 11 is 0. The van der Waals surface area contributed by atoms with Crippen molar-refractivity contribution >= 4 is 11.8 Å². The number of nitro groups is 1. The van der Waals surface area contributed by atoms with Gasteiger partial charge >= 0.3 is 5.88 Å². The molecule has 0 aliphatic heterocycles. The molecule has 0 aliphatic carbocycles. The predicted octanol–water partition coefficient (Wildman–Crippen LogP) is 1.54. The van der Waals surface area contributed by atoms with Gasteiger partial charge in [-0.1, -0.05) is 0 Å². The lowest BCUT2D eigenvalue weighted by molar-refractivity contribution is -0.401. The van der Waals surface area contributed by atoms with Crippen LogP contribution in [-0.2, 0) is 0 Å². The van der Waals surface area contributed by atoms with Crippen molar-refractivity contribution in [1.29, 1.82) is 0 Å². The van der Waals surface area contributed by atoms with Gasteiger partial charge in [-0.05, 0) is 19.1 Å². The summed E-state index contributed by atoms with van der Waals surface area (Å²) in [6, 6.07) is 4.38. The highest BCUT2D eigenvalue weighted by Gasteiger charge is 2.14. The van der Waals surface area contributed by atoms with E-state index in [0.717, 1.165) is 0 Å². The van der Waals surface area contributed by atoms with Crippen LogP contribution in [0.25, 0.3) is 11.5 Å². The van der Waals surface area contributed by atoms with E-state index in [-0.39, 0.29) is 11.8 Å². The maximum atomic E-state index is 10.4. The monoisotopic (exact) mass is 220 g/mol. The second-order valence-corrected chi connectivity index (χ2v) is 3.15. The summed E-state index contributed by atoms with van der Waals surface area (Å²) in [6.45, 7) is 1.75. The first-order valence-corrected chi connectivity index (χ1v) is 4.42. The molecule has 0 fully saturated rings. The van der Waals surface area contributed by atoms with Crippen LogP contribution in [0.3, 0.4) is 0 Å². The van der Waals surface area contributed by atoms with Gasteiger partial charge in [-0.25, -0.2) is 9.97 Å². The van der Waals surface area contributed by atoms with Crippen LogP contribution in [-0.4, -0.2) is 14.9 Å². The second kappa shape index (κ2) is 3.61. The van der Waals surface area contributed by atoms with Gasteiger partial charge in [0, 0.05) is 5.69 Å². The molecule has 0 spiro atoms. The Morgan fingerprint density at radius 2 is 2.19 bits per heavy atom. The largest absolute Gasteiger partial charge is 0.433 e. The maximum absolute atomic E-state index is 10.4. The minimum atomic E-state index is -0.610. The third kappa shape index (κ3) is 1.83. The molecule has 0 aromatic carbocycles. The van der Waals surface area contributed by atoms with E-state index in [4.69, 9.17) is 10.2 Å². The van der Waals surface area contributed by atoms with Crippen molar-refractivity contribution in [2.75, 3.05) is 5.73 Å². The summed E-state index contributed by atoms with van der Waals surface area (Å²) in [5, 5.41) is 10.4. The number of anilines is 1. The fraction of sp³-hybridized carbons (Fsp3) is 0.111. The Morgan fingerprint density at radius 1 is 1.44 bits per heavy atom. The quantitative estimate of drug-likeness (QED) is 0.607. The Bertz CT molecular complexity index is 529. The Labute approximate surface area is 90.1 Å². The smallest absolute Gasteiger partial charge is 0.399 e. The number of furan rings is 1. The normalized spacial score (nSPS) is 10.3. The van der Waals surface area contributed by atoms with Gasteiger partial charge in [0.05, 0.1) is 6.07 Å². The number of aromatic nitrogens is 2. The van der Waals surface area contributed by atoms with Gasteiger partial charge in [-0.15, -0.1) is 0 Å². The third-order valence-corrected chi connectivity index (χ3v) is 1.90. The Hall–Kier alpha value is -2.44. The first-order valence-electron chi connectivity index (χ1n) is 4.42. The zero-order valence-electron chi connectivity index (χ0n) is 8.38. The van der Waals surface area contributed by atoms with Gasteiger partial charge in [0.2, 0.25) is 5.95 Å². The molecule has 0 unspecified atom stereocenters. The molecule has 0 amide bonds. The highest BCUT2D eigenvalue weighted by atomic mass is 16.6. The lowest BCUT2D eigenvalue weighted by Gasteiger charge is -1.98. The molecule has 7 nitrogen and oxygen atoms in total. The molecular weight excluding hydrogens is 212 g/mol. The topological polar surface area (TPSA) is 108 Å². The van der Waals surface area contributed by atoms with Crippen molar-refractivity contribution in [3.63, 3.8) is 0 Å². The molecule has 0 radical (unpaired) electrons. The van der Waals surface area contributed by atoms with Crippen LogP contribution in [0.4, 0.5) is 11.8 Å². The van der Waals surface area contributed by atoms with E-state index in [1.807, 2.05) is 0 Å². The van der Waals surface area contributed by atoms with E-state index in [2.05, 4.69) is 9.97 Å². The number of hydrogen-bond acceptors (Lipinski definition) is 6. The fourth-order valence-electron chi connectivity index (χ4n) is 1.28. The van der Waals surface area contributed by atoms with Crippen molar-refractivity contribution in [2.45, 2.75) is 6.92 Å². The molecule has 2 rings (SSSR count). The summed E-state index contributed by atoms with van der Waals surface area (Å²) in [4.78, 5) is 17.6. The average molecular weight is 220 g/mol. The summed E-state index contributed by atoms with van der Waals surface area (Å²) in [5.41, 5.74) is 6.56. The van der Waals surface area contributed by atoms with Gasteiger partial charge in [-0.2, -0.15) is 0 Å². The second-order valence-electron chi connectivity index (χ2n) is 3.15. The first kappa shape index (κ1) is 10.1. The molecule has 2 N–H and O–H groups in total. The number of hydrogen-bond donors (Lipinski definition) is 1. The molecule has 16 heavy (non-hydrogen) atoms.